The molecular weight excluding hydrogens is 246 g/mol. The van der Waals surface area contributed by atoms with Gasteiger partial charge in [0, 0.05) is 24.5 Å². The van der Waals surface area contributed by atoms with Gasteiger partial charge in [0.05, 0.1) is 11.0 Å². The molecule has 0 fully saturated rings. The van der Waals surface area contributed by atoms with Gasteiger partial charge in [-0.1, -0.05) is 19.1 Å². The lowest BCUT2D eigenvalue weighted by molar-refractivity contribution is 0.378. The molecule has 1 N–H and O–H groups in total. The highest BCUT2D eigenvalue weighted by Crippen LogP contribution is 2.22. The number of nitrogens with zero attached hydrogens (tertiary/aromatic N) is 2. The number of imidazole rings is 1. The Morgan fingerprint density at radius 1 is 1.25 bits per heavy atom. The van der Waals surface area contributed by atoms with Crippen LogP contribution in [-0.4, -0.2) is 21.6 Å². The summed E-state index contributed by atoms with van der Waals surface area (Å²) in [5.41, 5.74) is 2.51. The summed E-state index contributed by atoms with van der Waals surface area (Å²) in [6.07, 6.45) is 2.16. The van der Waals surface area contributed by atoms with E-state index in [1.54, 1.807) is 0 Å². The van der Waals surface area contributed by atoms with Gasteiger partial charge < -0.3 is 9.88 Å². The van der Waals surface area contributed by atoms with Gasteiger partial charge in [-0.2, -0.15) is 0 Å². The Labute approximate surface area is 122 Å². The van der Waals surface area contributed by atoms with Crippen molar-refractivity contribution in [2.24, 2.45) is 0 Å². The van der Waals surface area contributed by atoms with E-state index in [4.69, 9.17) is 4.98 Å². The quantitative estimate of drug-likeness (QED) is 0.894. The van der Waals surface area contributed by atoms with Gasteiger partial charge in [-0.3, -0.25) is 0 Å². The molecule has 110 valence electrons. The van der Waals surface area contributed by atoms with Crippen LogP contribution < -0.4 is 5.32 Å². The van der Waals surface area contributed by atoms with Gasteiger partial charge in [0.1, 0.15) is 5.82 Å². The van der Waals surface area contributed by atoms with Crippen molar-refractivity contribution in [3.63, 3.8) is 0 Å². The van der Waals surface area contributed by atoms with E-state index >= 15 is 0 Å². The van der Waals surface area contributed by atoms with Gasteiger partial charge in [-0.25, -0.2) is 4.98 Å². The number of benzene rings is 1. The zero-order valence-electron chi connectivity index (χ0n) is 13.4. The van der Waals surface area contributed by atoms with E-state index in [2.05, 4.69) is 68.8 Å². The first-order valence-electron chi connectivity index (χ1n) is 7.63. The third kappa shape index (κ3) is 3.40. The number of hydrogen-bond donors (Lipinski definition) is 1. The molecule has 1 unspecified atom stereocenters. The molecule has 0 aliphatic carbocycles. The van der Waals surface area contributed by atoms with Gasteiger partial charge in [-0.15, -0.1) is 0 Å². The van der Waals surface area contributed by atoms with E-state index in [-0.39, 0.29) is 5.54 Å². The predicted octanol–water partition coefficient (Wildman–Crippen LogP) is 3.94. The summed E-state index contributed by atoms with van der Waals surface area (Å²) in [7, 11) is 0. The van der Waals surface area contributed by atoms with E-state index in [1.807, 2.05) is 0 Å². The second-order valence-corrected chi connectivity index (χ2v) is 6.62. The molecule has 0 amide bonds. The zero-order chi connectivity index (χ0) is 14.8. The number of aryl methyl sites for hydroxylation is 1. The Morgan fingerprint density at radius 2 is 1.95 bits per heavy atom. The zero-order valence-corrected chi connectivity index (χ0v) is 13.4. The molecule has 1 aromatic carbocycles. The summed E-state index contributed by atoms with van der Waals surface area (Å²) in [5, 5.41) is 3.60. The van der Waals surface area contributed by atoms with E-state index in [9.17, 15) is 0 Å². The van der Waals surface area contributed by atoms with Crippen LogP contribution in [0.4, 0.5) is 0 Å². The van der Waals surface area contributed by atoms with Crippen LogP contribution in [0.5, 0.6) is 0 Å². The third-order valence-electron chi connectivity index (χ3n) is 3.51. The maximum absolute atomic E-state index is 4.80. The number of rotatable bonds is 5. The first kappa shape index (κ1) is 15.0. The number of nitrogens with one attached hydrogen (secondary N) is 1. The van der Waals surface area contributed by atoms with Crippen molar-refractivity contribution in [1.29, 1.82) is 0 Å². The highest BCUT2D eigenvalue weighted by molar-refractivity contribution is 5.76. The van der Waals surface area contributed by atoms with Crippen LogP contribution in [-0.2, 0) is 6.42 Å². The molecule has 0 saturated carbocycles. The lowest BCUT2D eigenvalue weighted by Crippen LogP contribution is -2.39. The normalized spacial score (nSPS) is 13.8. The Bertz CT molecular complexity index is 563. The maximum Gasteiger partial charge on any atom is 0.110 e. The SMILES string of the molecule is CCCc1nc2ccccc2n1C(C)CNC(C)(C)C. The van der Waals surface area contributed by atoms with Gasteiger partial charge in [0.2, 0.25) is 0 Å². The van der Waals surface area contributed by atoms with Crippen molar-refractivity contribution in [3.05, 3.63) is 30.1 Å². The Balaban J connectivity index is 2.32. The Morgan fingerprint density at radius 3 is 2.60 bits per heavy atom. The third-order valence-corrected chi connectivity index (χ3v) is 3.51. The maximum atomic E-state index is 4.80. The summed E-state index contributed by atoms with van der Waals surface area (Å²) < 4.78 is 2.40. The summed E-state index contributed by atoms with van der Waals surface area (Å²) in [6, 6.07) is 8.85. The van der Waals surface area contributed by atoms with Crippen molar-refractivity contribution in [1.82, 2.24) is 14.9 Å². The van der Waals surface area contributed by atoms with E-state index in [0.717, 1.165) is 24.9 Å². The largest absolute Gasteiger partial charge is 0.324 e. The van der Waals surface area contributed by atoms with Crippen LogP contribution in [0.3, 0.4) is 0 Å². The molecule has 3 heteroatoms. The fourth-order valence-electron chi connectivity index (χ4n) is 2.53. The summed E-state index contributed by atoms with van der Waals surface area (Å²) in [5.74, 6) is 1.21. The van der Waals surface area contributed by atoms with Gasteiger partial charge in [0.25, 0.3) is 0 Å². The van der Waals surface area contributed by atoms with Crippen LogP contribution in [0.2, 0.25) is 0 Å². The average molecular weight is 273 g/mol. The van der Waals surface area contributed by atoms with E-state index in [1.165, 1.54) is 11.3 Å². The second kappa shape index (κ2) is 5.96. The standard InChI is InChI=1S/C17H27N3/c1-6-9-16-19-14-10-7-8-11-15(14)20(16)13(2)12-18-17(3,4)5/h7-8,10-11,13,18H,6,9,12H2,1-5H3. The molecule has 20 heavy (non-hydrogen) atoms. The number of fused-ring (bicyclic) bond motifs is 1. The minimum Gasteiger partial charge on any atom is -0.324 e. The fraction of sp³-hybridized carbons (Fsp3) is 0.588. The average Bonchev–Trinajstić information content (AvgIpc) is 2.73. The lowest BCUT2D eigenvalue weighted by atomic mass is 10.1. The summed E-state index contributed by atoms with van der Waals surface area (Å²) in [4.78, 5) is 4.80. The Hall–Kier alpha value is -1.35. The molecule has 0 saturated heterocycles. The molecule has 0 radical (unpaired) electrons. The van der Waals surface area contributed by atoms with Gasteiger partial charge >= 0.3 is 0 Å². The van der Waals surface area contributed by atoms with Gasteiger partial charge in [-0.05, 0) is 46.2 Å². The van der Waals surface area contributed by atoms with Crippen molar-refractivity contribution in [2.45, 2.75) is 59.0 Å². The van der Waals surface area contributed by atoms with E-state index < -0.39 is 0 Å². The van der Waals surface area contributed by atoms with Crippen LogP contribution in [0.15, 0.2) is 24.3 Å². The van der Waals surface area contributed by atoms with Crippen molar-refractivity contribution in [2.75, 3.05) is 6.54 Å². The van der Waals surface area contributed by atoms with Crippen LogP contribution in [0.25, 0.3) is 11.0 Å². The van der Waals surface area contributed by atoms with Gasteiger partial charge in [0.15, 0.2) is 0 Å². The monoisotopic (exact) mass is 273 g/mol. The van der Waals surface area contributed by atoms with E-state index in [0.29, 0.717) is 6.04 Å². The first-order chi connectivity index (χ1) is 9.42. The molecule has 0 bridgehead atoms. The molecule has 2 aromatic rings. The molecule has 2 rings (SSSR count). The van der Waals surface area contributed by atoms with Crippen LogP contribution >= 0.6 is 0 Å². The van der Waals surface area contributed by atoms with Crippen LogP contribution in [0, 0.1) is 0 Å². The Kier molecular flexibility index (Phi) is 4.48. The highest BCUT2D eigenvalue weighted by atomic mass is 15.1. The van der Waals surface area contributed by atoms with Crippen LogP contribution in [0.1, 0.15) is 52.9 Å². The number of aromatic nitrogens is 2. The number of hydrogen-bond acceptors (Lipinski definition) is 2. The number of para-hydroxylation sites is 2. The molecule has 1 heterocycles. The first-order valence-corrected chi connectivity index (χ1v) is 7.63. The molecule has 1 atom stereocenters. The molecule has 3 nitrogen and oxygen atoms in total. The molecule has 1 aromatic heterocycles. The van der Waals surface area contributed by atoms with Crippen molar-refractivity contribution < 1.29 is 0 Å². The van der Waals surface area contributed by atoms with Crippen molar-refractivity contribution in [3.8, 4) is 0 Å². The topological polar surface area (TPSA) is 29.9 Å². The molecular formula is C17H27N3. The minimum absolute atomic E-state index is 0.148. The predicted molar refractivity (Wildman–Crippen MR) is 86.2 cm³/mol. The summed E-state index contributed by atoms with van der Waals surface area (Å²) >= 11 is 0. The fourth-order valence-corrected chi connectivity index (χ4v) is 2.53. The lowest BCUT2D eigenvalue weighted by Gasteiger charge is -2.25. The molecule has 0 aliphatic heterocycles. The van der Waals surface area contributed by atoms with Crippen molar-refractivity contribution >= 4 is 11.0 Å². The molecule has 0 aliphatic rings. The summed E-state index contributed by atoms with van der Waals surface area (Å²) in [6.45, 7) is 12.1. The second-order valence-electron chi connectivity index (χ2n) is 6.62. The molecule has 0 spiro atoms. The minimum atomic E-state index is 0.148. The smallest absolute Gasteiger partial charge is 0.110 e. The highest BCUT2D eigenvalue weighted by Gasteiger charge is 2.17.